The molecule has 0 aromatic heterocycles. The summed E-state index contributed by atoms with van der Waals surface area (Å²) in [6.07, 6.45) is 1.70. The van der Waals surface area contributed by atoms with E-state index < -0.39 is 21.7 Å². The summed E-state index contributed by atoms with van der Waals surface area (Å²) in [6.45, 7) is 1.82. The molecule has 1 aliphatic rings. The number of benzene rings is 2. The standard InChI is InChI=1S/C17H17FN2O3S/c1-11-9-13-10-12(7-8-16(13)20(11)24(2,22)23)17(21)19-15-6-4-3-5-14(15)18/h3-8,10-11H,9H2,1-2H3,(H,19,21)/t11-/m0/s1. The van der Waals surface area contributed by atoms with Gasteiger partial charge in [-0.25, -0.2) is 12.8 Å². The molecule has 1 N–H and O–H groups in total. The van der Waals surface area contributed by atoms with Crippen LogP contribution in [0.5, 0.6) is 0 Å². The third-order valence-corrected chi connectivity index (χ3v) is 5.25. The first-order valence-electron chi connectivity index (χ1n) is 7.45. The van der Waals surface area contributed by atoms with Crippen molar-refractivity contribution in [1.29, 1.82) is 0 Å². The highest BCUT2D eigenvalue weighted by Crippen LogP contribution is 2.34. The van der Waals surface area contributed by atoms with Crippen LogP contribution in [0.3, 0.4) is 0 Å². The highest BCUT2D eigenvalue weighted by molar-refractivity contribution is 7.92. The van der Waals surface area contributed by atoms with Gasteiger partial charge in [0.1, 0.15) is 5.82 Å². The highest BCUT2D eigenvalue weighted by Gasteiger charge is 2.32. The van der Waals surface area contributed by atoms with Gasteiger partial charge in [-0.1, -0.05) is 12.1 Å². The molecule has 1 heterocycles. The molecule has 1 amide bonds. The number of fused-ring (bicyclic) bond motifs is 1. The maximum absolute atomic E-state index is 13.6. The monoisotopic (exact) mass is 348 g/mol. The van der Waals surface area contributed by atoms with Crippen LogP contribution < -0.4 is 9.62 Å². The van der Waals surface area contributed by atoms with Gasteiger partial charge in [0.05, 0.1) is 17.6 Å². The fourth-order valence-corrected chi connectivity index (χ4v) is 4.27. The number of carbonyl (C=O) groups excluding carboxylic acids is 1. The van der Waals surface area contributed by atoms with Crippen molar-refractivity contribution in [3.8, 4) is 0 Å². The Morgan fingerprint density at radius 3 is 2.62 bits per heavy atom. The van der Waals surface area contributed by atoms with Crippen LogP contribution in [0.2, 0.25) is 0 Å². The fourth-order valence-electron chi connectivity index (χ4n) is 3.01. The number of para-hydroxylation sites is 1. The number of carbonyl (C=O) groups is 1. The van der Waals surface area contributed by atoms with E-state index in [2.05, 4.69) is 5.32 Å². The van der Waals surface area contributed by atoms with E-state index >= 15 is 0 Å². The van der Waals surface area contributed by atoms with Crippen molar-refractivity contribution in [1.82, 2.24) is 0 Å². The number of sulfonamides is 1. The molecule has 2 aromatic rings. The Bertz CT molecular complexity index is 912. The molecular formula is C17H17FN2O3S. The second-order valence-corrected chi connectivity index (χ2v) is 7.75. The Labute approximate surface area is 140 Å². The van der Waals surface area contributed by atoms with Gasteiger partial charge < -0.3 is 5.32 Å². The average Bonchev–Trinajstić information content (AvgIpc) is 2.84. The van der Waals surface area contributed by atoms with Crippen molar-refractivity contribution in [2.45, 2.75) is 19.4 Å². The largest absolute Gasteiger partial charge is 0.319 e. The minimum Gasteiger partial charge on any atom is -0.319 e. The van der Waals surface area contributed by atoms with Crippen molar-refractivity contribution in [3.63, 3.8) is 0 Å². The molecule has 0 unspecified atom stereocenters. The predicted molar refractivity (Wildman–Crippen MR) is 91.3 cm³/mol. The summed E-state index contributed by atoms with van der Waals surface area (Å²) < 4.78 is 38.8. The highest BCUT2D eigenvalue weighted by atomic mass is 32.2. The van der Waals surface area contributed by atoms with Gasteiger partial charge in [-0.05, 0) is 49.2 Å². The lowest BCUT2D eigenvalue weighted by molar-refractivity contribution is 0.102. The lowest BCUT2D eigenvalue weighted by atomic mass is 10.1. The Hall–Kier alpha value is -2.41. The van der Waals surface area contributed by atoms with Gasteiger partial charge in [-0.2, -0.15) is 0 Å². The number of amides is 1. The average molecular weight is 348 g/mol. The Morgan fingerprint density at radius 1 is 1.25 bits per heavy atom. The molecule has 0 saturated heterocycles. The van der Waals surface area contributed by atoms with Crippen molar-refractivity contribution in [2.24, 2.45) is 0 Å². The summed E-state index contributed by atoms with van der Waals surface area (Å²) >= 11 is 0. The lowest BCUT2D eigenvalue weighted by Crippen LogP contribution is -2.34. The summed E-state index contributed by atoms with van der Waals surface area (Å²) in [5.74, 6) is -0.947. The zero-order valence-electron chi connectivity index (χ0n) is 13.3. The topological polar surface area (TPSA) is 66.5 Å². The predicted octanol–water partition coefficient (Wildman–Crippen LogP) is 2.79. The second-order valence-electron chi connectivity index (χ2n) is 5.89. The van der Waals surface area contributed by atoms with Crippen LogP contribution in [0, 0.1) is 5.82 Å². The molecule has 126 valence electrons. The maximum Gasteiger partial charge on any atom is 0.255 e. The third-order valence-electron chi connectivity index (χ3n) is 3.97. The zero-order valence-corrected chi connectivity index (χ0v) is 14.1. The van der Waals surface area contributed by atoms with Crippen LogP contribution in [-0.2, 0) is 16.4 Å². The van der Waals surface area contributed by atoms with Gasteiger partial charge >= 0.3 is 0 Å². The van der Waals surface area contributed by atoms with E-state index in [0.29, 0.717) is 17.7 Å². The molecule has 5 nitrogen and oxygen atoms in total. The first kappa shape index (κ1) is 16.4. The van der Waals surface area contributed by atoms with Crippen molar-refractivity contribution < 1.29 is 17.6 Å². The van der Waals surface area contributed by atoms with E-state index in [1.54, 1.807) is 30.3 Å². The van der Waals surface area contributed by atoms with Gasteiger partial charge in [0.2, 0.25) is 10.0 Å². The molecule has 3 rings (SSSR count). The van der Waals surface area contributed by atoms with Gasteiger partial charge in [0, 0.05) is 11.6 Å². The number of rotatable bonds is 3. The van der Waals surface area contributed by atoms with Crippen molar-refractivity contribution >= 4 is 27.3 Å². The van der Waals surface area contributed by atoms with Crippen LogP contribution in [0.1, 0.15) is 22.8 Å². The van der Waals surface area contributed by atoms with E-state index in [4.69, 9.17) is 0 Å². The summed E-state index contributed by atoms with van der Waals surface area (Å²) in [6, 6.07) is 10.6. The summed E-state index contributed by atoms with van der Waals surface area (Å²) in [7, 11) is -3.37. The number of nitrogens with zero attached hydrogens (tertiary/aromatic N) is 1. The lowest BCUT2D eigenvalue weighted by Gasteiger charge is -2.21. The van der Waals surface area contributed by atoms with Gasteiger partial charge in [-0.3, -0.25) is 9.10 Å². The first-order chi connectivity index (χ1) is 11.3. The summed E-state index contributed by atoms with van der Waals surface area (Å²) in [5.41, 5.74) is 1.84. The minimum absolute atomic E-state index is 0.106. The molecule has 1 aliphatic heterocycles. The molecule has 0 fully saturated rings. The van der Waals surface area contributed by atoms with E-state index in [1.807, 2.05) is 6.92 Å². The number of anilines is 2. The molecule has 24 heavy (non-hydrogen) atoms. The van der Waals surface area contributed by atoms with Crippen LogP contribution in [0.4, 0.5) is 15.8 Å². The van der Waals surface area contributed by atoms with E-state index in [0.717, 1.165) is 11.8 Å². The quantitative estimate of drug-likeness (QED) is 0.927. The van der Waals surface area contributed by atoms with Gasteiger partial charge in [0.15, 0.2) is 0 Å². The molecule has 0 saturated carbocycles. The second kappa shape index (κ2) is 5.90. The van der Waals surface area contributed by atoms with Crippen LogP contribution in [0.15, 0.2) is 42.5 Å². The molecule has 0 spiro atoms. The molecule has 7 heteroatoms. The molecule has 0 radical (unpaired) electrons. The van der Waals surface area contributed by atoms with Crippen LogP contribution in [0.25, 0.3) is 0 Å². The SMILES string of the molecule is C[C@H]1Cc2cc(C(=O)Nc3ccccc3F)ccc2N1S(C)(=O)=O. The third kappa shape index (κ3) is 2.99. The van der Waals surface area contributed by atoms with Crippen LogP contribution in [-0.4, -0.2) is 26.6 Å². The van der Waals surface area contributed by atoms with E-state index in [-0.39, 0.29) is 11.7 Å². The maximum atomic E-state index is 13.6. The Kier molecular flexibility index (Phi) is 4.04. The number of nitrogens with one attached hydrogen (secondary N) is 1. The molecule has 2 aromatic carbocycles. The van der Waals surface area contributed by atoms with E-state index in [9.17, 15) is 17.6 Å². The Balaban J connectivity index is 1.89. The van der Waals surface area contributed by atoms with Gasteiger partial charge in [-0.15, -0.1) is 0 Å². The fraction of sp³-hybridized carbons (Fsp3) is 0.235. The van der Waals surface area contributed by atoms with Crippen molar-refractivity contribution in [2.75, 3.05) is 15.9 Å². The minimum atomic E-state index is -3.37. The van der Waals surface area contributed by atoms with E-state index in [1.165, 1.54) is 16.4 Å². The summed E-state index contributed by atoms with van der Waals surface area (Å²) in [5, 5.41) is 2.52. The molecule has 0 bridgehead atoms. The zero-order chi connectivity index (χ0) is 17.5. The van der Waals surface area contributed by atoms with Crippen molar-refractivity contribution in [3.05, 3.63) is 59.4 Å². The summed E-state index contributed by atoms with van der Waals surface area (Å²) in [4.78, 5) is 12.3. The Morgan fingerprint density at radius 2 is 1.96 bits per heavy atom. The first-order valence-corrected chi connectivity index (χ1v) is 9.30. The molecule has 0 aliphatic carbocycles. The molecule has 1 atom stereocenters. The number of halogens is 1. The van der Waals surface area contributed by atoms with Gasteiger partial charge in [0.25, 0.3) is 5.91 Å². The van der Waals surface area contributed by atoms with Crippen LogP contribution >= 0.6 is 0 Å². The molecular weight excluding hydrogens is 331 g/mol. The normalized spacial score (nSPS) is 16.8. The smallest absolute Gasteiger partial charge is 0.255 e. The number of hydrogen-bond donors (Lipinski definition) is 1. The number of hydrogen-bond acceptors (Lipinski definition) is 3.